The molecule has 0 bridgehead atoms. The molecule has 0 saturated carbocycles. The normalized spacial score (nSPS) is 12.1. The zero-order valence-corrected chi connectivity index (χ0v) is 13.7. The number of carboxylic acids is 1. The molecule has 0 spiro atoms. The molecule has 1 unspecified atom stereocenters. The minimum atomic E-state index is -1.05. The number of nitrogens with one attached hydrogen (secondary N) is 1. The van der Waals surface area contributed by atoms with E-state index in [9.17, 15) is 9.59 Å². The Balaban J connectivity index is 2.12. The Labute approximate surface area is 135 Å². The predicted molar refractivity (Wildman–Crippen MR) is 81.3 cm³/mol. The average Bonchev–Trinajstić information content (AvgIpc) is 3.10. The van der Waals surface area contributed by atoms with Crippen molar-refractivity contribution in [2.75, 3.05) is 0 Å². The summed E-state index contributed by atoms with van der Waals surface area (Å²) in [5, 5.41) is 19.9. The summed E-state index contributed by atoms with van der Waals surface area (Å²) in [4.78, 5) is 23.3. The Morgan fingerprint density at radius 1 is 1.45 bits per heavy atom. The number of amides is 1. The molecule has 0 aliphatic carbocycles. The molecule has 118 valence electrons. The molecule has 0 aliphatic rings. The predicted octanol–water partition coefficient (Wildman–Crippen LogP) is 1.44. The Morgan fingerprint density at radius 3 is 2.82 bits per heavy atom. The molecule has 0 aliphatic heterocycles. The molecule has 8 nitrogen and oxygen atoms in total. The Kier molecular flexibility index (Phi) is 4.96. The number of aliphatic carboxylic acids is 1. The summed E-state index contributed by atoms with van der Waals surface area (Å²) in [6, 6.07) is 0.574. The summed E-state index contributed by atoms with van der Waals surface area (Å²) < 4.78 is 3.76. The van der Waals surface area contributed by atoms with Crippen LogP contribution in [0.2, 0.25) is 0 Å². The van der Waals surface area contributed by atoms with Crippen molar-refractivity contribution in [3.8, 4) is 0 Å². The third kappa shape index (κ3) is 3.19. The summed E-state index contributed by atoms with van der Waals surface area (Å²) in [7, 11) is 0. The van der Waals surface area contributed by atoms with Gasteiger partial charge < -0.3 is 10.4 Å². The SMILES string of the molecule is CCn1ncc(Br)c1CNC(=O)c1ccnn1C(C)C(=O)O. The number of carboxylic acid groups (broad SMARTS) is 1. The van der Waals surface area contributed by atoms with Gasteiger partial charge in [-0.2, -0.15) is 10.2 Å². The van der Waals surface area contributed by atoms with Gasteiger partial charge in [-0.25, -0.2) is 9.48 Å². The van der Waals surface area contributed by atoms with E-state index in [2.05, 4.69) is 31.4 Å². The Morgan fingerprint density at radius 2 is 2.18 bits per heavy atom. The first-order chi connectivity index (χ1) is 10.5. The molecule has 2 aromatic rings. The van der Waals surface area contributed by atoms with Gasteiger partial charge in [0.15, 0.2) is 0 Å². The standard InChI is InChI=1S/C13H16BrN5O3/c1-3-18-11(9(14)6-17-18)7-15-12(20)10-4-5-16-19(10)8(2)13(21)22/h4-6,8H,3,7H2,1-2H3,(H,15,20)(H,21,22). The second-order valence-corrected chi connectivity index (χ2v) is 5.47. The fourth-order valence-electron chi connectivity index (χ4n) is 2.00. The molecule has 0 aromatic carbocycles. The van der Waals surface area contributed by atoms with Crippen LogP contribution in [0.15, 0.2) is 22.9 Å². The van der Waals surface area contributed by atoms with Gasteiger partial charge in [-0.1, -0.05) is 0 Å². The second kappa shape index (κ2) is 6.73. The summed E-state index contributed by atoms with van der Waals surface area (Å²) >= 11 is 3.38. The Bertz CT molecular complexity index is 694. The van der Waals surface area contributed by atoms with Gasteiger partial charge in [0.2, 0.25) is 0 Å². The molecule has 2 N–H and O–H groups in total. The minimum Gasteiger partial charge on any atom is -0.480 e. The van der Waals surface area contributed by atoms with E-state index in [4.69, 9.17) is 5.11 Å². The van der Waals surface area contributed by atoms with E-state index in [0.717, 1.165) is 10.2 Å². The van der Waals surface area contributed by atoms with Crippen LogP contribution >= 0.6 is 15.9 Å². The first-order valence-electron chi connectivity index (χ1n) is 6.70. The first kappa shape index (κ1) is 16.2. The summed E-state index contributed by atoms with van der Waals surface area (Å²) in [5.41, 5.74) is 1.04. The van der Waals surface area contributed by atoms with E-state index in [1.807, 2.05) is 6.92 Å². The van der Waals surface area contributed by atoms with Crippen molar-refractivity contribution < 1.29 is 14.7 Å². The largest absolute Gasteiger partial charge is 0.480 e. The van der Waals surface area contributed by atoms with Gasteiger partial charge in [0.1, 0.15) is 11.7 Å². The number of hydrogen-bond acceptors (Lipinski definition) is 4. The van der Waals surface area contributed by atoms with E-state index in [1.165, 1.54) is 23.9 Å². The number of hydrogen-bond donors (Lipinski definition) is 2. The van der Waals surface area contributed by atoms with Crippen molar-refractivity contribution in [2.45, 2.75) is 33.0 Å². The third-order valence-electron chi connectivity index (χ3n) is 3.24. The van der Waals surface area contributed by atoms with Crippen LogP contribution in [0, 0.1) is 0 Å². The zero-order valence-electron chi connectivity index (χ0n) is 12.2. The summed E-state index contributed by atoms with van der Waals surface area (Å²) in [6.45, 7) is 4.38. The summed E-state index contributed by atoms with van der Waals surface area (Å²) in [5.74, 6) is -1.44. The average molecular weight is 370 g/mol. The molecule has 0 radical (unpaired) electrons. The number of carbonyl (C=O) groups excluding carboxylic acids is 1. The summed E-state index contributed by atoms with van der Waals surface area (Å²) in [6.07, 6.45) is 3.07. The molecular formula is C13H16BrN5O3. The van der Waals surface area contributed by atoms with Gasteiger partial charge in [0.05, 0.1) is 22.9 Å². The van der Waals surface area contributed by atoms with Gasteiger partial charge >= 0.3 is 5.97 Å². The lowest BCUT2D eigenvalue weighted by atomic mass is 10.3. The number of nitrogens with zero attached hydrogens (tertiary/aromatic N) is 4. The van der Waals surface area contributed by atoms with Crippen molar-refractivity contribution in [1.82, 2.24) is 24.9 Å². The van der Waals surface area contributed by atoms with Crippen LogP contribution in [0.4, 0.5) is 0 Å². The maximum Gasteiger partial charge on any atom is 0.328 e. The smallest absolute Gasteiger partial charge is 0.328 e. The topological polar surface area (TPSA) is 102 Å². The highest BCUT2D eigenvalue weighted by Gasteiger charge is 2.21. The van der Waals surface area contributed by atoms with Crippen LogP contribution in [0.1, 0.15) is 36.1 Å². The molecule has 1 atom stereocenters. The molecule has 2 heterocycles. The Hall–Kier alpha value is -2.16. The first-order valence-corrected chi connectivity index (χ1v) is 7.49. The van der Waals surface area contributed by atoms with E-state index in [-0.39, 0.29) is 18.1 Å². The number of rotatable bonds is 6. The zero-order chi connectivity index (χ0) is 16.3. The van der Waals surface area contributed by atoms with Crippen LogP contribution in [0.25, 0.3) is 0 Å². The second-order valence-electron chi connectivity index (χ2n) is 4.61. The minimum absolute atomic E-state index is 0.202. The lowest BCUT2D eigenvalue weighted by molar-refractivity contribution is -0.140. The lowest BCUT2D eigenvalue weighted by Gasteiger charge is -2.12. The molecule has 0 saturated heterocycles. The van der Waals surface area contributed by atoms with Gasteiger partial charge in [0, 0.05) is 12.7 Å². The highest BCUT2D eigenvalue weighted by molar-refractivity contribution is 9.10. The van der Waals surface area contributed by atoms with Crippen molar-refractivity contribution in [3.63, 3.8) is 0 Å². The van der Waals surface area contributed by atoms with Crippen LogP contribution in [-0.2, 0) is 17.9 Å². The number of aromatic nitrogens is 4. The van der Waals surface area contributed by atoms with Crippen LogP contribution in [-0.4, -0.2) is 36.5 Å². The van der Waals surface area contributed by atoms with Crippen molar-refractivity contribution in [1.29, 1.82) is 0 Å². The van der Waals surface area contributed by atoms with Crippen LogP contribution < -0.4 is 5.32 Å². The van der Waals surface area contributed by atoms with Gasteiger partial charge in [-0.3, -0.25) is 9.48 Å². The molecule has 2 rings (SSSR count). The molecule has 9 heteroatoms. The molecule has 0 fully saturated rings. The monoisotopic (exact) mass is 369 g/mol. The van der Waals surface area contributed by atoms with Gasteiger partial charge in [0.25, 0.3) is 5.91 Å². The maximum atomic E-state index is 12.2. The quantitative estimate of drug-likeness (QED) is 0.801. The maximum absolute atomic E-state index is 12.2. The molecule has 22 heavy (non-hydrogen) atoms. The lowest BCUT2D eigenvalue weighted by Crippen LogP contribution is -2.29. The van der Waals surface area contributed by atoms with Crippen molar-refractivity contribution in [2.24, 2.45) is 0 Å². The molecule has 1 amide bonds. The van der Waals surface area contributed by atoms with Crippen LogP contribution in [0.5, 0.6) is 0 Å². The highest BCUT2D eigenvalue weighted by Crippen LogP contribution is 2.16. The van der Waals surface area contributed by atoms with Crippen molar-refractivity contribution >= 4 is 27.8 Å². The van der Waals surface area contributed by atoms with Gasteiger partial charge in [-0.15, -0.1) is 0 Å². The highest BCUT2D eigenvalue weighted by atomic mass is 79.9. The number of halogens is 1. The number of carbonyl (C=O) groups is 2. The van der Waals surface area contributed by atoms with Crippen LogP contribution in [0.3, 0.4) is 0 Å². The van der Waals surface area contributed by atoms with E-state index in [0.29, 0.717) is 6.54 Å². The third-order valence-corrected chi connectivity index (χ3v) is 3.90. The van der Waals surface area contributed by atoms with E-state index in [1.54, 1.807) is 10.9 Å². The fraction of sp³-hybridized carbons (Fsp3) is 0.385. The fourth-order valence-corrected chi connectivity index (χ4v) is 2.43. The van der Waals surface area contributed by atoms with E-state index < -0.39 is 12.0 Å². The van der Waals surface area contributed by atoms with E-state index >= 15 is 0 Å². The van der Waals surface area contributed by atoms with Crippen molar-refractivity contribution in [3.05, 3.63) is 34.3 Å². The van der Waals surface area contributed by atoms with Gasteiger partial charge in [-0.05, 0) is 35.8 Å². The molecular weight excluding hydrogens is 354 g/mol. The molecule has 2 aromatic heterocycles. The number of aryl methyl sites for hydroxylation is 1.